The van der Waals surface area contributed by atoms with Crippen LogP contribution in [0, 0.1) is 6.92 Å². The molecule has 2 aromatic carbocycles. The summed E-state index contributed by atoms with van der Waals surface area (Å²) in [4.78, 5) is 12.3. The average Bonchev–Trinajstić information content (AvgIpc) is 3.09. The maximum Gasteiger partial charge on any atom is 0.234 e. The van der Waals surface area contributed by atoms with E-state index in [9.17, 15) is 4.79 Å². The van der Waals surface area contributed by atoms with Crippen molar-refractivity contribution in [2.75, 3.05) is 11.1 Å². The number of nitrogens with zero attached hydrogens (tertiary/aromatic N) is 3. The van der Waals surface area contributed by atoms with Crippen LogP contribution in [0.4, 0.5) is 5.69 Å². The summed E-state index contributed by atoms with van der Waals surface area (Å²) in [6.07, 6.45) is 0.743. The van der Waals surface area contributed by atoms with Gasteiger partial charge in [-0.3, -0.25) is 4.79 Å². The zero-order valence-electron chi connectivity index (χ0n) is 17.2. The molecule has 29 heavy (non-hydrogen) atoms. The van der Waals surface area contributed by atoms with E-state index in [1.165, 1.54) is 17.3 Å². The Bertz CT molecular complexity index is 969. The zero-order chi connectivity index (χ0) is 20.8. The van der Waals surface area contributed by atoms with E-state index in [0.29, 0.717) is 11.0 Å². The van der Waals surface area contributed by atoms with E-state index in [1.807, 2.05) is 61.9 Å². The van der Waals surface area contributed by atoms with Crippen LogP contribution in [0.2, 0.25) is 0 Å². The second-order valence-electron chi connectivity index (χ2n) is 6.81. The molecule has 7 heteroatoms. The van der Waals surface area contributed by atoms with Crippen LogP contribution in [0.1, 0.15) is 36.9 Å². The lowest BCUT2D eigenvalue weighted by molar-refractivity contribution is -0.113. The summed E-state index contributed by atoms with van der Waals surface area (Å²) >= 11 is 1.35. The number of rotatable bonds is 8. The van der Waals surface area contributed by atoms with Crippen molar-refractivity contribution in [2.45, 2.75) is 38.5 Å². The number of thioether (sulfide) groups is 1. The van der Waals surface area contributed by atoms with E-state index < -0.39 is 0 Å². The van der Waals surface area contributed by atoms with E-state index in [-0.39, 0.29) is 17.8 Å². The fourth-order valence-electron chi connectivity index (χ4n) is 2.90. The van der Waals surface area contributed by atoms with Gasteiger partial charge in [0.1, 0.15) is 5.75 Å². The van der Waals surface area contributed by atoms with E-state index in [4.69, 9.17) is 4.74 Å². The minimum atomic E-state index is -0.255. The molecule has 0 saturated carbocycles. The van der Waals surface area contributed by atoms with Crippen molar-refractivity contribution in [3.63, 3.8) is 0 Å². The molecule has 1 N–H and O–H groups in total. The Kier molecular flexibility index (Phi) is 6.93. The number of ether oxygens (including phenoxy) is 1. The number of aromatic nitrogens is 3. The van der Waals surface area contributed by atoms with E-state index in [2.05, 4.69) is 34.6 Å². The summed E-state index contributed by atoms with van der Waals surface area (Å²) < 4.78 is 7.87. The van der Waals surface area contributed by atoms with Gasteiger partial charge in [0.05, 0.1) is 5.75 Å². The maximum absolute atomic E-state index is 12.3. The van der Waals surface area contributed by atoms with Crippen LogP contribution in [0.25, 0.3) is 0 Å². The van der Waals surface area contributed by atoms with E-state index >= 15 is 0 Å². The predicted molar refractivity (Wildman–Crippen MR) is 116 cm³/mol. The highest BCUT2D eigenvalue weighted by molar-refractivity contribution is 7.99. The molecule has 0 saturated heterocycles. The second kappa shape index (κ2) is 9.60. The molecule has 3 aromatic rings. The first-order chi connectivity index (χ1) is 14.0. The molecule has 1 aromatic heterocycles. The molecule has 1 atom stereocenters. The van der Waals surface area contributed by atoms with Gasteiger partial charge in [-0.1, -0.05) is 49.0 Å². The number of carbonyl (C=O) groups excluding carboxylic acids is 1. The van der Waals surface area contributed by atoms with Crippen LogP contribution >= 0.6 is 11.8 Å². The average molecular weight is 411 g/mol. The maximum atomic E-state index is 12.3. The molecule has 0 aliphatic carbocycles. The number of hydrogen-bond acceptors (Lipinski definition) is 5. The van der Waals surface area contributed by atoms with Gasteiger partial charge in [-0.25, -0.2) is 0 Å². The van der Waals surface area contributed by atoms with Gasteiger partial charge in [-0.05, 0) is 49.6 Å². The Morgan fingerprint density at radius 1 is 1.17 bits per heavy atom. The van der Waals surface area contributed by atoms with Crippen LogP contribution in [0.3, 0.4) is 0 Å². The molecule has 0 aliphatic rings. The van der Waals surface area contributed by atoms with Crippen molar-refractivity contribution in [1.29, 1.82) is 0 Å². The summed E-state index contributed by atoms with van der Waals surface area (Å²) in [5, 5.41) is 12.1. The highest BCUT2D eigenvalue weighted by Gasteiger charge is 2.18. The number of carbonyl (C=O) groups is 1. The third-order valence-electron chi connectivity index (χ3n) is 4.63. The largest absolute Gasteiger partial charge is 0.483 e. The number of hydrogen-bond donors (Lipinski definition) is 1. The van der Waals surface area contributed by atoms with Crippen molar-refractivity contribution in [3.05, 3.63) is 65.5 Å². The van der Waals surface area contributed by atoms with Crippen molar-refractivity contribution in [3.8, 4) is 5.75 Å². The van der Waals surface area contributed by atoms with Crippen LogP contribution in [-0.4, -0.2) is 26.4 Å². The lowest BCUT2D eigenvalue weighted by atomic mass is 10.2. The van der Waals surface area contributed by atoms with Gasteiger partial charge in [0.25, 0.3) is 0 Å². The Morgan fingerprint density at radius 2 is 1.90 bits per heavy atom. The molecule has 0 aliphatic heterocycles. The summed E-state index contributed by atoms with van der Waals surface area (Å²) in [6.45, 7) is 6.03. The Balaban J connectivity index is 1.58. The molecule has 1 heterocycles. The second-order valence-corrected chi connectivity index (χ2v) is 7.75. The highest BCUT2D eigenvalue weighted by atomic mass is 32.2. The molecular weight excluding hydrogens is 384 g/mol. The van der Waals surface area contributed by atoms with Crippen molar-refractivity contribution < 1.29 is 9.53 Å². The Morgan fingerprint density at radius 3 is 2.59 bits per heavy atom. The van der Waals surface area contributed by atoms with Crippen LogP contribution in [-0.2, 0) is 18.3 Å². The van der Waals surface area contributed by atoms with Gasteiger partial charge in [0.15, 0.2) is 17.1 Å². The monoisotopic (exact) mass is 410 g/mol. The molecule has 6 nitrogen and oxygen atoms in total. The molecule has 3 rings (SSSR count). The van der Waals surface area contributed by atoms with Crippen molar-refractivity contribution in [2.24, 2.45) is 7.05 Å². The number of aryl methyl sites for hydroxylation is 2. The zero-order valence-corrected chi connectivity index (χ0v) is 18.0. The highest BCUT2D eigenvalue weighted by Crippen LogP contribution is 2.24. The first-order valence-corrected chi connectivity index (χ1v) is 10.6. The number of benzene rings is 2. The number of anilines is 1. The van der Waals surface area contributed by atoms with Crippen LogP contribution in [0.15, 0.2) is 53.7 Å². The van der Waals surface area contributed by atoms with Crippen LogP contribution in [0.5, 0.6) is 5.75 Å². The fourth-order valence-corrected chi connectivity index (χ4v) is 3.61. The van der Waals surface area contributed by atoms with Gasteiger partial charge >= 0.3 is 0 Å². The molecule has 0 unspecified atom stereocenters. The first kappa shape index (κ1) is 20.9. The SMILES string of the molecule is CCc1ccc(O[C@H](C)c2nnc(SCC(=O)Nc3ccccc3C)n2C)cc1. The van der Waals surface area contributed by atoms with Gasteiger partial charge in [-0.2, -0.15) is 0 Å². The molecule has 0 spiro atoms. The molecule has 152 valence electrons. The molecule has 0 fully saturated rings. The van der Waals surface area contributed by atoms with Crippen molar-refractivity contribution in [1.82, 2.24) is 14.8 Å². The van der Waals surface area contributed by atoms with Gasteiger partial charge < -0.3 is 14.6 Å². The van der Waals surface area contributed by atoms with Gasteiger partial charge in [0.2, 0.25) is 5.91 Å². The van der Waals surface area contributed by atoms with Crippen molar-refractivity contribution >= 4 is 23.4 Å². The summed E-state index contributed by atoms with van der Waals surface area (Å²) in [7, 11) is 1.89. The third-order valence-corrected chi connectivity index (χ3v) is 5.65. The fraction of sp³-hybridized carbons (Fsp3) is 0.318. The molecule has 0 bridgehead atoms. The molecule has 0 radical (unpaired) electrons. The van der Waals surface area contributed by atoms with Gasteiger partial charge in [-0.15, -0.1) is 10.2 Å². The first-order valence-electron chi connectivity index (χ1n) is 9.61. The topological polar surface area (TPSA) is 69.0 Å². The number of para-hydroxylation sites is 1. The summed E-state index contributed by atoms with van der Waals surface area (Å²) in [6, 6.07) is 15.8. The molecule has 1 amide bonds. The minimum Gasteiger partial charge on any atom is -0.483 e. The third kappa shape index (κ3) is 5.38. The van der Waals surface area contributed by atoms with Gasteiger partial charge in [0, 0.05) is 12.7 Å². The summed E-state index contributed by atoms with van der Waals surface area (Å²) in [5.74, 6) is 1.69. The lowest BCUT2D eigenvalue weighted by Gasteiger charge is -2.14. The minimum absolute atomic E-state index is 0.0748. The lowest BCUT2D eigenvalue weighted by Crippen LogP contribution is -2.15. The van der Waals surface area contributed by atoms with E-state index in [1.54, 1.807) is 0 Å². The standard InChI is InChI=1S/C22H26N4O2S/c1-5-17-10-12-18(13-11-17)28-16(3)21-24-25-22(26(21)4)29-14-20(27)23-19-9-7-6-8-15(19)2/h6-13,16H,5,14H2,1-4H3,(H,23,27)/t16-/m1/s1. The number of amides is 1. The quantitative estimate of drug-likeness (QED) is 0.552. The number of nitrogens with one attached hydrogen (secondary N) is 1. The summed E-state index contributed by atoms with van der Waals surface area (Å²) in [5.41, 5.74) is 3.13. The molecular formula is C22H26N4O2S. The Labute approximate surface area is 175 Å². The van der Waals surface area contributed by atoms with E-state index in [0.717, 1.165) is 23.4 Å². The smallest absolute Gasteiger partial charge is 0.234 e. The normalized spacial score (nSPS) is 11.9. The predicted octanol–water partition coefficient (Wildman–Crippen LogP) is 4.56. The van der Waals surface area contributed by atoms with Crippen LogP contribution < -0.4 is 10.1 Å². The Hall–Kier alpha value is -2.80.